The Morgan fingerprint density at radius 1 is 1.08 bits per heavy atom. The molecule has 0 radical (unpaired) electrons. The number of ether oxygens (including phenoxy) is 1. The van der Waals surface area contributed by atoms with Gasteiger partial charge in [0.2, 0.25) is 0 Å². The van der Waals surface area contributed by atoms with Crippen LogP contribution in [0.3, 0.4) is 0 Å². The first-order valence-corrected chi connectivity index (χ1v) is 7.30. The number of benzene rings is 2. The van der Waals surface area contributed by atoms with E-state index in [1.807, 2.05) is 30.3 Å². The molecule has 3 N–H and O–H groups in total. The number of carbonyl (C=O) groups excluding carboxylic acids is 2. The van der Waals surface area contributed by atoms with Crippen molar-refractivity contribution in [2.75, 3.05) is 11.9 Å². The third-order valence-electron chi connectivity index (χ3n) is 3.35. The van der Waals surface area contributed by atoms with Gasteiger partial charge in [-0.1, -0.05) is 30.3 Å². The minimum atomic E-state index is -0.607. The second-order valence-electron chi connectivity index (χ2n) is 5.12. The van der Waals surface area contributed by atoms with Crippen molar-refractivity contribution in [2.45, 2.75) is 0 Å². The summed E-state index contributed by atoms with van der Waals surface area (Å²) in [6.45, 7) is -0.290. The predicted octanol–water partition coefficient (Wildman–Crippen LogP) is 2.35. The Bertz CT molecular complexity index is 909. The first-order valence-electron chi connectivity index (χ1n) is 7.30. The fourth-order valence-corrected chi connectivity index (χ4v) is 2.27. The number of nitrogens with one attached hydrogen (secondary N) is 1. The summed E-state index contributed by atoms with van der Waals surface area (Å²) in [6, 6.07) is 16.1. The van der Waals surface area contributed by atoms with E-state index in [0.717, 1.165) is 10.9 Å². The number of amides is 2. The average molecular weight is 321 g/mol. The predicted molar refractivity (Wildman–Crippen MR) is 90.8 cm³/mol. The minimum absolute atomic E-state index is 0.290. The minimum Gasteiger partial charge on any atom is -0.483 e. The van der Waals surface area contributed by atoms with E-state index in [1.54, 1.807) is 30.5 Å². The van der Waals surface area contributed by atoms with Gasteiger partial charge in [0.1, 0.15) is 5.75 Å². The Morgan fingerprint density at radius 2 is 1.83 bits per heavy atom. The summed E-state index contributed by atoms with van der Waals surface area (Å²) in [4.78, 5) is 27.6. The van der Waals surface area contributed by atoms with Gasteiger partial charge >= 0.3 is 0 Å². The van der Waals surface area contributed by atoms with Gasteiger partial charge in [-0.05, 0) is 24.3 Å². The number of carbonyl (C=O) groups is 2. The second-order valence-corrected chi connectivity index (χ2v) is 5.12. The van der Waals surface area contributed by atoms with Gasteiger partial charge in [0, 0.05) is 5.39 Å². The van der Waals surface area contributed by atoms with Gasteiger partial charge < -0.3 is 15.8 Å². The highest BCUT2D eigenvalue weighted by Crippen LogP contribution is 2.21. The maximum absolute atomic E-state index is 12.5. The molecular formula is C18H15N3O3. The smallest absolute Gasteiger partial charge is 0.259 e. The highest BCUT2D eigenvalue weighted by molar-refractivity contribution is 6.06. The third-order valence-corrected chi connectivity index (χ3v) is 3.35. The van der Waals surface area contributed by atoms with Crippen LogP contribution in [0.25, 0.3) is 10.9 Å². The van der Waals surface area contributed by atoms with Gasteiger partial charge in [-0.2, -0.15) is 0 Å². The van der Waals surface area contributed by atoms with Crippen molar-refractivity contribution in [3.8, 4) is 5.75 Å². The molecule has 0 aliphatic rings. The average Bonchev–Trinajstić information content (AvgIpc) is 2.60. The molecule has 2 amide bonds. The number of anilines is 1. The van der Waals surface area contributed by atoms with Crippen molar-refractivity contribution in [1.82, 2.24) is 4.98 Å². The molecule has 1 aromatic heterocycles. The van der Waals surface area contributed by atoms with Crippen LogP contribution in [0, 0.1) is 0 Å². The first-order chi connectivity index (χ1) is 11.6. The molecule has 0 aliphatic carbocycles. The largest absolute Gasteiger partial charge is 0.483 e. The first kappa shape index (κ1) is 15.5. The van der Waals surface area contributed by atoms with E-state index in [-0.39, 0.29) is 12.5 Å². The molecule has 0 atom stereocenters. The normalized spacial score (nSPS) is 10.3. The zero-order valence-electron chi connectivity index (χ0n) is 12.7. The zero-order chi connectivity index (χ0) is 16.9. The SMILES string of the molecule is NC(=O)COc1ccccc1C(=O)Nc1cnc2ccccc2c1. The van der Waals surface area contributed by atoms with Crippen molar-refractivity contribution < 1.29 is 14.3 Å². The van der Waals surface area contributed by atoms with Crippen molar-refractivity contribution in [2.24, 2.45) is 5.73 Å². The summed E-state index contributed by atoms with van der Waals surface area (Å²) in [7, 11) is 0. The van der Waals surface area contributed by atoms with Crippen molar-refractivity contribution in [1.29, 1.82) is 0 Å². The van der Waals surface area contributed by atoms with E-state index in [9.17, 15) is 9.59 Å². The molecule has 1 heterocycles. The van der Waals surface area contributed by atoms with E-state index in [1.165, 1.54) is 0 Å². The summed E-state index contributed by atoms with van der Waals surface area (Å²) in [5, 5.41) is 3.71. The molecule has 6 heteroatoms. The number of hydrogen-bond donors (Lipinski definition) is 2. The van der Waals surface area contributed by atoms with Crippen LogP contribution in [0.15, 0.2) is 60.8 Å². The van der Waals surface area contributed by atoms with Crippen molar-refractivity contribution in [3.05, 3.63) is 66.4 Å². The molecule has 0 spiro atoms. The summed E-state index contributed by atoms with van der Waals surface area (Å²) in [5.41, 5.74) is 6.80. The Kier molecular flexibility index (Phi) is 4.38. The fraction of sp³-hybridized carbons (Fsp3) is 0.0556. The van der Waals surface area contributed by atoms with E-state index in [2.05, 4.69) is 10.3 Å². The monoisotopic (exact) mass is 321 g/mol. The maximum Gasteiger partial charge on any atom is 0.259 e. The fourth-order valence-electron chi connectivity index (χ4n) is 2.27. The van der Waals surface area contributed by atoms with Crippen LogP contribution in [0.2, 0.25) is 0 Å². The zero-order valence-corrected chi connectivity index (χ0v) is 12.7. The van der Waals surface area contributed by atoms with Crippen LogP contribution in [0.1, 0.15) is 10.4 Å². The Balaban J connectivity index is 1.82. The number of hydrogen-bond acceptors (Lipinski definition) is 4. The van der Waals surface area contributed by atoms with E-state index in [0.29, 0.717) is 17.0 Å². The van der Waals surface area contributed by atoms with Crippen LogP contribution in [-0.2, 0) is 4.79 Å². The van der Waals surface area contributed by atoms with Crippen LogP contribution in [0.4, 0.5) is 5.69 Å². The molecule has 3 aromatic rings. The van der Waals surface area contributed by atoms with Crippen LogP contribution >= 0.6 is 0 Å². The van der Waals surface area contributed by atoms with E-state index >= 15 is 0 Å². The van der Waals surface area contributed by atoms with Crippen LogP contribution in [0.5, 0.6) is 5.75 Å². The van der Waals surface area contributed by atoms with Gasteiger partial charge in [-0.25, -0.2) is 0 Å². The Morgan fingerprint density at radius 3 is 2.67 bits per heavy atom. The number of rotatable bonds is 5. The van der Waals surface area contributed by atoms with E-state index < -0.39 is 5.91 Å². The van der Waals surface area contributed by atoms with Crippen molar-refractivity contribution in [3.63, 3.8) is 0 Å². The van der Waals surface area contributed by atoms with Crippen LogP contribution in [-0.4, -0.2) is 23.4 Å². The lowest BCUT2D eigenvalue weighted by molar-refractivity contribution is -0.119. The molecule has 0 aliphatic heterocycles. The number of nitrogens with zero attached hydrogens (tertiary/aromatic N) is 1. The lowest BCUT2D eigenvalue weighted by atomic mass is 10.1. The number of primary amides is 1. The van der Waals surface area contributed by atoms with Crippen molar-refractivity contribution >= 4 is 28.4 Å². The molecule has 120 valence electrons. The number of aromatic nitrogens is 1. The van der Waals surface area contributed by atoms with Crippen LogP contribution < -0.4 is 15.8 Å². The molecule has 0 saturated heterocycles. The van der Waals surface area contributed by atoms with Gasteiger partial charge in [0.25, 0.3) is 11.8 Å². The molecule has 0 bridgehead atoms. The second kappa shape index (κ2) is 6.78. The third kappa shape index (κ3) is 3.49. The molecular weight excluding hydrogens is 306 g/mol. The van der Waals surface area contributed by atoms with Gasteiger partial charge in [-0.3, -0.25) is 14.6 Å². The van der Waals surface area contributed by atoms with Gasteiger partial charge in [0.15, 0.2) is 6.61 Å². The number of para-hydroxylation sites is 2. The highest BCUT2D eigenvalue weighted by atomic mass is 16.5. The van der Waals surface area contributed by atoms with Gasteiger partial charge in [0.05, 0.1) is 23.0 Å². The summed E-state index contributed by atoms with van der Waals surface area (Å²) < 4.78 is 5.28. The number of nitrogens with two attached hydrogens (primary N) is 1. The molecule has 3 rings (SSSR count). The molecule has 0 unspecified atom stereocenters. The number of pyridine rings is 1. The molecule has 0 fully saturated rings. The lowest BCUT2D eigenvalue weighted by Gasteiger charge is -2.11. The van der Waals surface area contributed by atoms with Gasteiger partial charge in [-0.15, -0.1) is 0 Å². The Labute approximate surface area is 138 Å². The van der Waals surface area contributed by atoms with E-state index in [4.69, 9.17) is 10.5 Å². The maximum atomic E-state index is 12.5. The summed E-state index contributed by atoms with van der Waals surface area (Å²) in [5.74, 6) is -0.668. The lowest BCUT2D eigenvalue weighted by Crippen LogP contribution is -2.21. The molecule has 24 heavy (non-hydrogen) atoms. The quantitative estimate of drug-likeness (QED) is 0.754. The molecule has 0 saturated carbocycles. The number of fused-ring (bicyclic) bond motifs is 1. The highest BCUT2D eigenvalue weighted by Gasteiger charge is 2.13. The molecule has 2 aromatic carbocycles. The summed E-state index contributed by atoms with van der Waals surface area (Å²) in [6.07, 6.45) is 1.59. The summed E-state index contributed by atoms with van der Waals surface area (Å²) >= 11 is 0. The Hall–Kier alpha value is -3.41. The standard InChI is InChI=1S/C18H15N3O3/c19-17(22)11-24-16-8-4-2-6-14(16)18(23)21-13-9-12-5-1-3-7-15(12)20-10-13/h1-10H,11H2,(H2,19,22)(H,21,23). The topological polar surface area (TPSA) is 94.3 Å². The molecule has 6 nitrogen and oxygen atoms in total.